The molecule has 2 aromatic rings. The zero-order valence-electron chi connectivity index (χ0n) is 11.2. The molecular formula is C16H16ClNO2. The average Bonchev–Trinajstić information content (AvgIpc) is 2.48. The highest BCUT2D eigenvalue weighted by Crippen LogP contribution is 2.21. The lowest BCUT2D eigenvalue weighted by atomic mass is 10.1. The van der Waals surface area contributed by atoms with Crippen LogP contribution in [0.3, 0.4) is 0 Å². The largest absolute Gasteiger partial charge is 0.465 e. The normalized spacial score (nSPS) is 10.1. The molecule has 0 fully saturated rings. The lowest BCUT2D eigenvalue weighted by molar-refractivity contribution is 0.0602. The zero-order valence-corrected chi connectivity index (χ0v) is 12.0. The number of carbonyl (C=O) groups is 1. The maximum absolute atomic E-state index is 11.7. The summed E-state index contributed by atoms with van der Waals surface area (Å²) >= 11 is 5.97. The van der Waals surface area contributed by atoms with E-state index in [1.807, 2.05) is 18.2 Å². The van der Waals surface area contributed by atoms with E-state index in [2.05, 4.69) is 17.4 Å². The Hall–Kier alpha value is -2.00. The average molecular weight is 290 g/mol. The van der Waals surface area contributed by atoms with Crippen LogP contribution in [-0.2, 0) is 11.2 Å². The number of carbonyl (C=O) groups excluding carboxylic acids is 1. The van der Waals surface area contributed by atoms with Gasteiger partial charge in [-0.05, 0) is 30.2 Å². The highest BCUT2D eigenvalue weighted by molar-refractivity contribution is 6.31. The van der Waals surface area contributed by atoms with E-state index >= 15 is 0 Å². The van der Waals surface area contributed by atoms with E-state index in [4.69, 9.17) is 16.3 Å². The molecule has 2 aromatic carbocycles. The third kappa shape index (κ3) is 3.75. The number of ether oxygens (including phenoxy) is 1. The quantitative estimate of drug-likeness (QED) is 0.851. The van der Waals surface area contributed by atoms with Gasteiger partial charge in [-0.1, -0.05) is 41.9 Å². The Morgan fingerprint density at radius 3 is 2.65 bits per heavy atom. The van der Waals surface area contributed by atoms with E-state index in [0.717, 1.165) is 6.42 Å². The summed E-state index contributed by atoms with van der Waals surface area (Å²) in [6.45, 7) is 0.717. The van der Waals surface area contributed by atoms with E-state index in [9.17, 15) is 4.79 Å². The number of anilines is 1. The van der Waals surface area contributed by atoms with Gasteiger partial charge in [0.1, 0.15) is 0 Å². The first kappa shape index (κ1) is 14.4. The molecule has 4 heteroatoms. The number of methoxy groups -OCH3 is 1. The van der Waals surface area contributed by atoms with Crippen molar-refractivity contribution in [2.45, 2.75) is 6.42 Å². The molecule has 0 spiro atoms. The minimum absolute atomic E-state index is 0.371. The Morgan fingerprint density at radius 1 is 1.20 bits per heavy atom. The minimum atomic E-state index is -0.371. The van der Waals surface area contributed by atoms with Crippen LogP contribution in [0.2, 0.25) is 5.02 Å². The minimum Gasteiger partial charge on any atom is -0.465 e. The molecule has 0 aromatic heterocycles. The van der Waals surface area contributed by atoms with Gasteiger partial charge in [-0.15, -0.1) is 0 Å². The van der Waals surface area contributed by atoms with E-state index < -0.39 is 0 Å². The summed E-state index contributed by atoms with van der Waals surface area (Å²) in [5, 5.41) is 3.82. The van der Waals surface area contributed by atoms with Crippen LogP contribution in [0.1, 0.15) is 15.9 Å². The maximum Gasteiger partial charge on any atom is 0.339 e. The number of nitrogens with one attached hydrogen (secondary N) is 1. The van der Waals surface area contributed by atoms with Crippen LogP contribution in [0.15, 0.2) is 48.5 Å². The summed E-state index contributed by atoms with van der Waals surface area (Å²) in [5.74, 6) is -0.371. The van der Waals surface area contributed by atoms with Crippen molar-refractivity contribution in [3.05, 3.63) is 64.7 Å². The first-order valence-corrected chi connectivity index (χ1v) is 6.74. The van der Waals surface area contributed by atoms with Crippen LogP contribution in [0.25, 0.3) is 0 Å². The van der Waals surface area contributed by atoms with Gasteiger partial charge in [0.05, 0.1) is 18.4 Å². The van der Waals surface area contributed by atoms with Gasteiger partial charge in [-0.25, -0.2) is 4.79 Å². The molecule has 0 saturated heterocycles. The summed E-state index contributed by atoms with van der Waals surface area (Å²) in [4.78, 5) is 11.7. The number of hydrogen-bond donors (Lipinski definition) is 1. The van der Waals surface area contributed by atoms with Crippen LogP contribution in [-0.4, -0.2) is 19.6 Å². The second kappa shape index (κ2) is 6.96. The van der Waals surface area contributed by atoms with Crippen molar-refractivity contribution in [3.63, 3.8) is 0 Å². The topological polar surface area (TPSA) is 38.3 Å². The fourth-order valence-electron chi connectivity index (χ4n) is 1.94. The van der Waals surface area contributed by atoms with E-state index in [1.165, 1.54) is 12.7 Å². The summed E-state index contributed by atoms with van der Waals surface area (Å²) < 4.78 is 4.76. The molecule has 3 nitrogen and oxygen atoms in total. The van der Waals surface area contributed by atoms with Crippen LogP contribution in [0.4, 0.5) is 5.69 Å². The van der Waals surface area contributed by atoms with Crippen LogP contribution >= 0.6 is 11.6 Å². The summed E-state index contributed by atoms with van der Waals surface area (Å²) in [7, 11) is 1.37. The highest BCUT2D eigenvalue weighted by Gasteiger charge is 2.11. The van der Waals surface area contributed by atoms with E-state index in [-0.39, 0.29) is 5.97 Å². The highest BCUT2D eigenvalue weighted by atomic mass is 35.5. The molecule has 0 saturated carbocycles. The van der Waals surface area contributed by atoms with Crippen molar-refractivity contribution < 1.29 is 9.53 Å². The molecule has 0 atom stereocenters. The number of esters is 1. The molecule has 2 rings (SSSR count). The first-order valence-electron chi connectivity index (χ1n) is 6.36. The predicted molar refractivity (Wildman–Crippen MR) is 81.4 cm³/mol. The van der Waals surface area contributed by atoms with Crippen molar-refractivity contribution in [2.75, 3.05) is 19.0 Å². The Balaban J connectivity index is 2.05. The van der Waals surface area contributed by atoms with Crippen molar-refractivity contribution >= 4 is 23.3 Å². The predicted octanol–water partition coefficient (Wildman–Crippen LogP) is 3.78. The Kier molecular flexibility index (Phi) is 5.02. The number of halogens is 1. The maximum atomic E-state index is 11.7. The standard InChI is InChI=1S/C16H16ClNO2/c1-20-16(19)14-8-7-13(17)11-15(14)18-10-9-12-5-3-2-4-6-12/h2-8,11,18H,9-10H2,1H3. The van der Waals surface area contributed by atoms with Gasteiger partial charge in [-0.2, -0.15) is 0 Å². The van der Waals surface area contributed by atoms with Crippen molar-refractivity contribution in [1.29, 1.82) is 0 Å². The number of hydrogen-bond acceptors (Lipinski definition) is 3. The van der Waals surface area contributed by atoms with Crippen molar-refractivity contribution in [3.8, 4) is 0 Å². The van der Waals surface area contributed by atoms with E-state index in [1.54, 1.807) is 18.2 Å². The SMILES string of the molecule is COC(=O)c1ccc(Cl)cc1NCCc1ccccc1. The van der Waals surface area contributed by atoms with Gasteiger partial charge in [0.2, 0.25) is 0 Å². The van der Waals surface area contributed by atoms with Gasteiger partial charge in [0.25, 0.3) is 0 Å². The van der Waals surface area contributed by atoms with Gasteiger partial charge < -0.3 is 10.1 Å². The molecule has 0 heterocycles. The van der Waals surface area contributed by atoms with Crippen LogP contribution in [0, 0.1) is 0 Å². The second-order valence-corrected chi connectivity index (χ2v) is 4.78. The molecule has 0 amide bonds. The fourth-order valence-corrected chi connectivity index (χ4v) is 2.11. The van der Waals surface area contributed by atoms with Gasteiger partial charge >= 0.3 is 5.97 Å². The molecule has 0 unspecified atom stereocenters. The number of rotatable bonds is 5. The summed E-state index contributed by atoms with van der Waals surface area (Å²) in [6.07, 6.45) is 0.869. The lowest BCUT2D eigenvalue weighted by Crippen LogP contribution is -2.10. The zero-order chi connectivity index (χ0) is 14.4. The molecule has 0 aliphatic carbocycles. The third-order valence-electron chi connectivity index (χ3n) is 2.96. The summed E-state index contributed by atoms with van der Waals surface area (Å²) in [6, 6.07) is 15.2. The number of benzene rings is 2. The van der Waals surface area contributed by atoms with Crippen molar-refractivity contribution in [1.82, 2.24) is 0 Å². The molecule has 0 radical (unpaired) electrons. The fraction of sp³-hybridized carbons (Fsp3) is 0.188. The summed E-state index contributed by atoms with van der Waals surface area (Å²) in [5.41, 5.74) is 2.42. The molecule has 1 N–H and O–H groups in total. The van der Waals surface area contributed by atoms with Crippen LogP contribution in [0.5, 0.6) is 0 Å². The Bertz CT molecular complexity index is 584. The van der Waals surface area contributed by atoms with Gasteiger partial charge in [-0.3, -0.25) is 0 Å². The Labute approximate surface area is 123 Å². The molecule has 0 bridgehead atoms. The molecule has 0 aliphatic rings. The smallest absolute Gasteiger partial charge is 0.339 e. The molecule has 20 heavy (non-hydrogen) atoms. The van der Waals surface area contributed by atoms with Gasteiger partial charge in [0.15, 0.2) is 0 Å². The second-order valence-electron chi connectivity index (χ2n) is 4.34. The Morgan fingerprint density at radius 2 is 1.95 bits per heavy atom. The monoisotopic (exact) mass is 289 g/mol. The van der Waals surface area contributed by atoms with Crippen molar-refractivity contribution in [2.24, 2.45) is 0 Å². The molecule has 104 valence electrons. The van der Waals surface area contributed by atoms with E-state index in [0.29, 0.717) is 22.8 Å². The van der Waals surface area contributed by atoms with Crippen LogP contribution < -0.4 is 5.32 Å². The lowest BCUT2D eigenvalue weighted by Gasteiger charge is -2.11. The molecule has 0 aliphatic heterocycles. The third-order valence-corrected chi connectivity index (χ3v) is 3.19. The first-order chi connectivity index (χ1) is 9.70. The molecular weight excluding hydrogens is 274 g/mol. The van der Waals surface area contributed by atoms with Gasteiger partial charge in [0, 0.05) is 11.6 Å².